The lowest BCUT2D eigenvalue weighted by Gasteiger charge is -2.15. The number of nitrogens with zero attached hydrogens (tertiary/aromatic N) is 1. The topological polar surface area (TPSA) is 24.9 Å². The van der Waals surface area contributed by atoms with Crippen molar-refractivity contribution in [2.45, 2.75) is 26.8 Å². The summed E-state index contributed by atoms with van der Waals surface area (Å²) in [5.41, 5.74) is 0.711. The molecule has 0 spiro atoms. The van der Waals surface area contributed by atoms with Crippen molar-refractivity contribution in [3.8, 4) is 0 Å². The summed E-state index contributed by atoms with van der Waals surface area (Å²) in [5, 5.41) is 3.72. The summed E-state index contributed by atoms with van der Waals surface area (Å²) >= 11 is 1.54. The summed E-state index contributed by atoms with van der Waals surface area (Å²) in [4.78, 5) is 5.36. The number of nitrogens with one attached hydrogen (secondary N) is 1. The van der Waals surface area contributed by atoms with Crippen molar-refractivity contribution in [3.63, 3.8) is 0 Å². The van der Waals surface area contributed by atoms with Crippen molar-refractivity contribution >= 4 is 17.0 Å². The second-order valence-electron chi connectivity index (χ2n) is 4.26. The van der Waals surface area contributed by atoms with E-state index >= 15 is 0 Å². The zero-order chi connectivity index (χ0) is 14.2. The van der Waals surface area contributed by atoms with E-state index in [1.54, 1.807) is 6.92 Å². The second-order valence-corrected chi connectivity index (χ2v) is 5.67. The predicted molar refractivity (Wildman–Crippen MR) is 69.9 cm³/mol. The highest BCUT2D eigenvalue weighted by atomic mass is 32.1. The van der Waals surface area contributed by atoms with E-state index in [1.165, 1.54) is 17.4 Å². The molecule has 102 valence electrons. The first-order valence-electron chi connectivity index (χ1n) is 5.74. The number of hydrogen-bond acceptors (Lipinski definition) is 3. The van der Waals surface area contributed by atoms with E-state index in [4.69, 9.17) is 0 Å². The van der Waals surface area contributed by atoms with Gasteiger partial charge >= 0.3 is 0 Å². The van der Waals surface area contributed by atoms with Crippen LogP contribution >= 0.6 is 11.3 Å². The fourth-order valence-corrected chi connectivity index (χ4v) is 2.80. The Balaban J connectivity index is 2.27. The largest absolute Gasteiger partial charge is 0.374 e. The molecule has 1 N–H and O–H groups in total. The molecule has 0 saturated carbocycles. The molecule has 0 saturated heterocycles. The zero-order valence-corrected chi connectivity index (χ0v) is 11.5. The zero-order valence-electron chi connectivity index (χ0n) is 10.7. The first-order valence-corrected chi connectivity index (χ1v) is 6.55. The van der Waals surface area contributed by atoms with E-state index in [9.17, 15) is 13.2 Å². The summed E-state index contributed by atoms with van der Waals surface area (Å²) in [6.45, 7) is 5.59. The third kappa shape index (κ3) is 2.73. The third-order valence-corrected chi connectivity index (χ3v) is 3.66. The van der Waals surface area contributed by atoms with Crippen LogP contribution in [0.25, 0.3) is 0 Å². The van der Waals surface area contributed by atoms with E-state index in [2.05, 4.69) is 10.3 Å². The molecule has 1 atom stereocenters. The van der Waals surface area contributed by atoms with Gasteiger partial charge in [0.15, 0.2) is 17.5 Å². The molecule has 1 heterocycles. The van der Waals surface area contributed by atoms with Gasteiger partial charge in [-0.2, -0.15) is 0 Å². The molecule has 2 aromatic rings. The maximum absolute atomic E-state index is 13.5. The Morgan fingerprint density at radius 3 is 2.42 bits per heavy atom. The normalized spacial score (nSPS) is 12.5. The Morgan fingerprint density at radius 1 is 1.16 bits per heavy atom. The van der Waals surface area contributed by atoms with Crippen LogP contribution in [0.1, 0.15) is 28.5 Å². The fraction of sp³-hybridized carbons (Fsp3) is 0.308. The maximum Gasteiger partial charge on any atom is 0.196 e. The van der Waals surface area contributed by atoms with Gasteiger partial charge in [0.25, 0.3) is 0 Å². The molecule has 1 aromatic heterocycles. The first kappa shape index (κ1) is 13.9. The number of benzene rings is 1. The molecule has 2 rings (SSSR count). The number of thiazole rings is 1. The van der Waals surface area contributed by atoms with Crippen LogP contribution in [0.15, 0.2) is 12.1 Å². The van der Waals surface area contributed by atoms with Crippen LogP contribution in [0.2, 0.25) is 0 Å². The molecule has 2 nitrogen and oxygen atoms in total. The number of aryl methyl sites for hydroxylation is 2. The monoisotopic (exact) mass is 286 g/mol. The van der Waals surface area contributed by atoms with Crippen LogP contribution in [0.4, 0.5) is 18.9 Å². The molecule has 0 bridgehead atoms. The summed E-state index contributed by atoms with van der Waals surface area (Å²) in [7, 11) is 0. The molecule has 0 amide bonds. The molecule has 0 fully saturated rings. The molecule has 19 heavy (non-hydrogen) atoms. The number of halogens is 3. The van der Waals surface area contributed by atoms with Gasteiger partial charge in [-0.05, 0) is 32.9 Å². The quantitative estimate of drug-likeness (QED) is 0.848. The first-order chi connectivity index (χ1) is 8.90. The van der Waals surface area contributed by atoms with Gasteiger partial charge in [-0.1, -0.05) is 0 Å². The maximum atomic E-state index is 13.5. The third-order valence-electron chi connectivity index (χ3n) is 2.76. The Morgan fingerprint density at radius 2 is 1.84 bits per heavy atom. The minimum Gasteiger partial charge on any atom is -0.374 e. The van der Waals surface area contributed by atoms with Gasteiger partial charge in [0.1, 0.15) is 0 Å². The summed E-state index contributed by atoms with van der Waals surface area (Å²) in [5.74, 6) is -3.88. The summed E-state index contributed by atoms with van der Waals surface area (Å²) in [6, 6.07) is 1.79. The summed E-state index contributed by atoms with van der Waals surface area (Å²) in [6.07, 6.45) is 0. The van der Waals surface area contributed by atoms with Gasteiger partial charge in [-0.15, -0.1) is 11.3 Å². The highest BCUT2D eigenvalue weighted by Gasteiger charge is 2.18. The minimum atomic E-state index is -1.47. The number of anilines is 1. The molecular weight excluding hydrogens is 273 g/mol. The van der Waals surface area contributed by atoms with Crippen molar-refractivity contribution < 1.29 is 13.2 Å². The van der Waals surface area contributed by atoms with E-state index in [0.717, 1.165) is 21.6 Å². The lowest BCUT2D eigenvalue weighted by molar-refractivity contribution is 0.448. The Bertz CT molecular complexity index is 610. The molecule has 0 aliphatic heterocycles. The van der Waals surface area contributed by atoms with Gasteiger partial charge in [0.2, 0.25) is 0 Å². The van der Waals surface area contributed by atoms with Crippen molar-refractivity contribution in [1.82, 2.24) is 4.98 Å². The van der Waals surface area contributed by atoms with E-state index in [0.29, 0.717) is 0 Å². The van der Waals surface area contributed by atoms with E-state index in [-0.39, 0.29) is 11.7 Å². The minimum absolute atomic E-state index is 0.0727. The van der Waals surface area contributed by atoms with Gasteiger partial charge in [0.05, 0.1) is 22.4 Å². The van der Waals surface area contributed by atoms with Crippen LogP contribution in [-0.4, -0.2) is 4.98 Å². The predicted octanol–water partition coefficient (Wildman–Crippen LogP) is 4.35. The molecule has 6 heteroatoms. The Labute approximate surface area is 113 Å². The molecular formula is C13H13F3N2S. The lowest BCUT2D eigenvalue weighted by atomic mass is 10.2. The standard InChI is InChI=1S/C13H13F3N2S/c1-6(13-7(2)19-8(3)18-13)17-10-5-4-9(14)11(15)12(10)16/h4-6,17H,1-3H3. The number of hydrogen-bond donors (Lipinski definition) is 1. The highest BCUT2D eigenvalue weighted by molar-refractivity contribution is 7.11. The Hall–Kier alpha value is -1.56. The van der Waals surface area contributed by atoms with Gasteiger partial charge in [0, 0.05) is 4.88 Å². The van der Waals surface area contributed by atoms with Gasteiger partial charge in [-0.25, -0.2) is 18.2 Å². The van der Waals surface area contributed by atoms with Crippen LogP contribution in [0.5, 0.6) is 0 Å². The second kappa shape index (κ2) is 5.21. The molecule has 0 aliphatic rings. The summed E-state index contributed by atoms with van der Waals surface area (Å²) < 4.78 is 39.5. The molecule has 1 unspecified atom stereocenters. The van der Waals surface area contributed by atoms with Gasteiger partial charge in [-0.3, -0.25) is 0 Å². The van der Waals surface area contributed by atoms with Crippen molar-refractivity contribution in [2.75, 3.05) is 5.32 Å². The van der Waals surface area contributed by atoms with Crippen LogP contribution < -0.4 is 5.32 Å². The average molecular weight is 286 g/mol. The van der Waals surface area contributed by atoms with Crippen LogP contribution in [0.3, 0.4) is 0 Å². The smallest absolute Gasteiger partial charge is 0.196 e. The van der Waals surface area contributed by atoms with Crippen molar-refractivity contribution in [2.24, 2.45) is 0 Å². The molecule has 0 aliphatic carbocycles. The highest BCUT2D eigenvalue weighted by Crippen LogP contribution is 2.27. The lowest BCUT2D eigenvalue weighted by Crippen LogP contribution is -2.10. The molecule has 1 aromatic carbocycles. The Kier molecular flexibility index (Phi) is 3.80. The SMILES string of the molecule is Cc1nc(C(C)Nc2ccc(F)c(F)c2F)c(C)s1. The van der Waals surface area contributed by atoms with Crippen molar-refractivity contribution in [1.29, 1.82) is 0 Å². The van der Waals surface area contributed by atoms with E-state index in [1.807, 2.05) is 13.8 Å². The average Bonchev–Trinajstić information content (AvgIpc) is 2.69. The number of aromatic nitrogens is 1. The van der Waals surface area contributed by atoms with Crippen LogP contribution in [0, 0.1) is 31.3 Å². The van der Waals surface area contributed by atoms with E-state index < -0.39 is 17.5 Å². The van der Waals surface area contributed by atoms with Crippen molar-refractivity contribution in [3.05, 3.63) is 45.2 Å². The van der Waals surface area contributed by atoms with Crippen LogP contribution in [-0.2, 0) is 0 Å². The number of rotatable bonds is 3. The van der Waals surface area contributed by atoms with Gasteiger partial charge < -0.3 is 5.32 Å². The fourth-order valence-electron chi connectivity index (χ4n) is 1.89. The molecule has 0 radical (unpaired) electrons.